The summed E-state index contributed by atoms with van der Waals surface area (Å²) in [6, 6.07) is 5.45. The molecule has 7 heteroatoms. The number of rotatable bonds is 5. The highest BCUT2D eigenvalue weighted by atomic mass is 35.5. The molecule has 0 spiro atoms. The van der Waals surface area contributed by atoms with Gasteiger partial charge in [0.15, 0.2) is 0 Å². The zero-order chi connectivity index (χ0) is 14.7. The lowest BCUT2D eigenvalue weighted by molar-refractivity contribution is -0.389. The molecule has 2 rings (SSSR count). The number of imidazole rings is 1. The largest absolute Gasteiger partial charge is 0.489 e. The molecule has 0 aliphatic heterocycles. The maximum absolute atomic E-state index is 10.6. The maximum atomic E-state index is 10.6. The average Bonchev–Trinajstić information content (AvgIpc) is 2.81. The topological polar surface area (TPSA) is 70.2 Å². The number of hydrogen-bond acceptors (Lipinski definition) is 4. The van der Waals surface area contributed by atoms with Crippen LogP contribution in [0, 0.1) is 10.1 Å². The van der Waals surface area contributed by atoms with Gasteiger partial charge in [0, 0.05) is 0 Å². The summed E-state index contributed by atoms with van der Waals surface area (Å²) < 4.78 is 7.18. The normalized spacial score (nSPS) is 10.8. The molecule has 2 aromatic rings. The van der Waals surface area contributed by atoms with E-state index in [1.807, 2.05) is 19.9 Å². The molecule has 20 heavy (non-hydrogen) atoms. The van der Waals surface area contributed by atoms with E-state index in [0.717, 1.165) is 5.56 Å². The summed E-state index contributed by atoms with van der Waals surface area (Å²) in [7, 11) is 0. The molecule has 0 N–H and O–H groups in total. The second-order valence-corrected chi connectivity index (χ2v) is 5.00. The summed E-state index contributed by atoms with van der Waals surface area (Å²) >= 11 is 6.14. The van der Waals surface area contributed by atoms with E-state index in [2.05, 4.69) is 4.98 Å². The predicted octanol–water partition coefficient (Wildman–Crippen LogP) is 3.28. The third-order valence-corrected chi connectivity index (χ3v) is 2.83. The summed E-state index contributed by atoms with van der Waals surface area (Å²) in [5.41, 5.74) is 0.915. The summed E-state index contributed by atoms with van der Waals surface area (Å²) in [4.78, 5) is 13.7. The Bertz CT molecular complexity index is 625. The lowest BCUT2D eigenvalue weighted by Crippen LogP contribution is -2.06. The Morgan fingerprint density at radius 3 is 2.80 bits per heavy atom. The second-order valence-electron chi connectivity index (χ2n) is 4.59. The third kappa shape index (κ3) is 3.48. The van der Waals surface area contributed by atoms with Gasteiger partial charge in [-0.2, -0.15) is 0 Å². The van der Waals surface area contributed by atoms with E-state index in [9.17, 15) is 10.1 Å². The minimum absolute atomic E-state index is 0.0506. The van der Waals surface area contributed by atoms with Crippen molar-refractivity contribution in [3.05, 3.63) is 51.4 Å². The average molecular weight is 296 g/mol. The Kier molecular flexibility index (Phi) is 4.24. The first-order valence-corrected chi connectivity index (χ1v) is 6.44. The highest BCUT2D eigenvalue weighted by Crippen LogP contribution is 2.26. The van der Waals surface area contributed by atoms with Crippen molar-refractivity contribution in [1.29, 1.82) is 0 Å². The third-order valence-electron chi connectivity index (χ3n) is 2.53. The maximum Gasteiger partial charge on any atom is 0.381 e. The fourth-order valence-corrected chi connectivity index (χ4v) is 1.98. The first-order chi connectivity index (χ1) is 9.45. The van der Waals surface area contributed by atoms with Gasteiger partial charge >= 0.3 is 5.82 Å². The van der Waals surface area contributed by atoms with E-state index in [1.165, 1.54) is 12.5 Å². The standard InChI is InChI=1S/C13H14ClN3O3/c1-9(2)20-12-4-3-10(5-11(12)14)6-16-7-13(15-8-16)17(18)19/h3-5,7-9H,6H2,1-2H3. The quantitative estimate of drug-likeness (QED) is 0.627. The number of halogens is 1. The van der Waals surface area contributed by atoms with Crippen molar-refractivity contribution >= 4 is 17.4 Å². The van der Waals surface area contributed by atoms with E-state index in [-0.39, 0.29) is 11.9 Å². The van der Waals surface area contributed by atoms with Crippen LogP contribution in [-0.2, 0) is 6.54 Å². The molecule has 1 aromatic carbocycles. The number of ether oxygens (including phenoxy) is 1. The lowest BCUT2D eigenvalue weighted by Gasteiger charge is -2.12. The highest BCUT2D eigenvalue weighted by molar-refractivity contribution is 6.32. The molecule has 0 bridgehead atoms. The zero-order valence-corrected chi connectivity index (χ0v) is 11.9. The molecule has 0 unspecified atom stereocenters. The molecular formula is C13H14ClN3O3. The monoisotopic (exact) mass is 295 g/mol. The summed E-state index contributed by atoms with van der Waals surface area (Å²) in [6.07, 6.45) is 2.85. The molecule has 1 aromatic heterocycles. The van der Waals surface area contributed by atoms with E-state index in [4.69, 9.17) is 16.3 Å². The minimum atomic E-state index is -0.525. The number of aromatic nitrogens is 2. The number of hydrogen-bond donors (Lipinski definition) is 0. The SMILES string of the molecule is CC(C)Oc1ccc(Cn2cnc([N+](=O)[O-])c2)cc1Cl. The van der Waals surface area contributed by atoms with Crippen LogP contribution in [0.2, 0.25) is 5.02 Å². The van der Waals surface area contributed by atoms with Crippen LogP contribution >= 0.6 is 11.6 Å². The van der Waals surface area contributed by atoms with Crippen LogP contribution in [0.1, 0.15) is 19.4 Å². The molecule has 1 heterocycles. The second kappa shape index (κ2) is 5.92. The molecule has 0 fully saturated rings. The Morgan fingerprint density at radius 1 is 1.50 bits per heavy atom. The van der Waals surface area contributed by atoms with E-state index in [1.54, 1.807) is 16.7 Å². The smallest absolute Gasteiger partial charge is 0.381 e. The van der Waals surface area contributed by atoms with Crippen molar-refractivity contribution in [2.75, 3.05) is 0 Å². The molecular weight excluding hydrogens is 282 g/mol. The van der Waals surface area contributed by atoms with Gasteiger partial charge in [0.1, 0.15) is 11.9 Å². The molecule has 0 aliphatic rings. The zero-order valence-electron chi connectivity index (χ0n) is 11.1. The number of nitro groups is 1. The van der Waals surface area contributed by atoms with E-state index >= 15 is 0 Å². The van der Waals surface area contributed by atoms with Crippen LogP contribution in [0.4, 0.5) is 5.82 Å². The van der Waals surface area contributed by atoms with Crippen molar-refractivity contribution < 1.29 is 9.66 Å². The van der Waals surface area contributed by atoms with Gasteiger partial charge in [-0.15, -0.1) is 0 Å². The van der Waals surface area contributed by atoms with Gasteiger partial charge in [-0.25, -0.2) is 0 Å². The van der Waals surface area contributed by atoms with Crippen LogP contribution in [-0.4, -0.2) is 20.6 Å². The summed E-state index contributed by atoms with van der Waals surface area (Å²) in [5, 5.41) is 11.1. The fourth-order valence-electron chi connectivity index (χ4n) is 1.73. The van der Waals surface area contributed by atoms with Gasteiger partial charge in [0.2, 0.25) is 6.33 Å². The van der Waals surface area contributed by atoms with Crippen LogP contribution in [0.25, 0.3) is 0 Å². The van der Waals surface area contributed by atoms with Gasteiger partial charge in [-0.3, -0.25) is 0 Å². The summed E-state index contributed by atoms with van der Waals surface area (Å²) in [6.45, 7) is 4.31. The van der Waals surface area contributed by atoms with Crippen LogP contribution in [0.3, 0.4) is 0 Å². The Labute approximate surface area is 121 Å². The van der Waals surface area contributed by atoms with Crippen LogP contribution < -0.4 is 4.74 Å². The van der Waals surface area contributed by atoms with E-state index in [0.29, 0.717) is 17.3 Å². The van der Waals surface area contributed by atoms with Crippen molar-refractivity contribution in [3.63, 3.8) is 0 Å². The number of benzene rings is 1. The minimum Gasteiger partial charge on any atom is -0.489 e. The lowest BCUT2D eigenvalue weighted by atomic mass is 10.2. The van der Waals surface area contributed by atoms with Gasteiger partial charge in [0.25, 0.3) is 0 Å². The van der Waals surface area contributed by atoms with Crippen molar-refractivity contribution in [3.8, 4) is 5.75 Å². The molecule has 0 radical (unpaired) electrons. The van der Waals surface area contributed by atoms with Gasteiger partial charge in [-0.1, -0.05) is 17.7 Å². The summed E-state index contributed by atoms with van der Waals surface area (Å²) in [5.74, 6) is 0.456. The van der Waals surface area contributed by atoms with Crippen molar-refractivity contribution in [1.82, 2.24) is 9.55 Å². The fraction of sp³-hybridized carbons (Fsp3) is 0.308. The molecule has 106 valence electrons. The first-order valence-electron chi connectivity index (χ1n) is 6.07. The molecule has 6 nitrogen and oxygen atoms in total. The number of nitrogens with zero attached hydrogens (tertiary/aromatic N) is 3. The Hall–Kier alpha value is -2.08. The van der Waals surface area contributed by atoms with Crippen LogP contribution in [0.15, 0.2) is 30.7 Å². The Morgan fingerprint density at radius 2 is 2.25 bits per heavy atom. The first kappa shape index (κ1) is 14.3. The molecule has 0 saturated heterocycles. The van der Waals surface area contributed by atoms with Gasteiger partial charge in [-0.05, 0) is 41.5 Å². The predicted molar refractivity (Wildman–Crippen MR) is 75.2 cm³/mol. The highest BCUT2D eigenvalue weighted by Gasteiger charge is 2.11. The molecule has 0 saturated carbocycles. The van der Waals surface area contributed by atoms with Crippen LogP contribution in [0.5, 0.6) is 5.75 Å². The van der Waals surface area contributed by atoms with Gasteiger partial charge in [0.05, 0.1) is 17.7 Å². The molecule has 0 aliphatic carbocycles. The van der Waals surface area contributed by atoms with Gasteiger partial charge < -0.3 is 19.4 Å². The van der Waals surface area contributed by atoms with E-state index < -0.39 is 4.92 Å². The van der Waals surface area contributed by atoms with Crippen molar-refractivity contribution in [2.24, 2.45) is 0 Å². The van der Waals surface area contributed by atoms with Crippen molar-refractivity contribution in [2.45, 2.75) is 26.5 Å². The molecule has 0 atom stereocenters. The Balaban J connectivity index is 2.13. The molecule has 0 amide bonds.